The third-order valence-electron chi connectivity index (χ3n) is 4.43. The van der Waals surface area contributed by atoms with Gasteiger partial charge in [-0.25, -0.2) is 4.98 Å². The van der Waals surface area contributed by atoms with Gasteiger partial charge in [-0.05, 0) is 38.2 Å². The van der Waals surface area contributed by atoms with Gasteiger partial charge in [-0.3, -0.25) is 4.79 Å². The van der Waals surface area contributed by atoms with Gasteiger partial charge in [0.1, 0.15) is 0 Å². The number of thiazole rings is 1. The van der Waals surface area contributed by atoms with Gasteiger partial charge in [-0.2, -0.15) is 0 Å². The van der Waals surface area contributed by atoms with Gasteiger partial charge >= 0.3 is 0 Å². The molecular weight excluding hydrogens is 377 g/mol. The van der Waals surface area contributed by atoms with Crippen molar-refractivity contribution in [3.63, 3.8) is 0 Å². The number of rotatable bonds is 5. The predicted molar refractivity (Wildman–Crippen MR) is 109 cm³/mol. The van der Waals surface area contributed by atoms with E-state index in [1.54, 1.807) is 11.3 Å². The molecule has 3 N–H and O–H groups in total. The molecule has 2 unspecified atom stereocenters. The van der Waals surface area contributed by atoms with E-state index >= 15 is 0 Å². The van der Waals surface area contributed by atoms with E-state index in [1.165, 1.54) is 5.56 Å². The number of halogens is 2. The Bertz CT molecular complexity index is 675. The second-order valence-corrected chi connectivity index (χ2v) is 7.32. The molecule has 1 heterocycles. The highest BCUT2D eigenvalue weighted by molar-refractivity contribution is 7.09. The Morgan fingerprint density at radius 3 is 2.56 bits per heavy atom. The molecule has 25 heavy (non-hydrogen) atoms. The molecule has 0 aliphatic heterocycles. The zero-order valence-electron chi connectivity index (χ0n) is 14.2. The summed E-state index contributed by atoms with van der Waals surface area (Å²) in [5.74, 6) is 0.271. The number of carbonyl (C=O) groups is 1. The lowest BCUT2D eigenvalue weighted by atomic mass is 10.1. The zero-order valence-corrected chi connectivity index (χ0v) is 16.7. The molecule has 138 valence electrons. The monoisotopic (exact) mass is 401 g/mol. The first-order chi connectivity index (χ1) is 11.1. The predicted octanol–water partition coefficient (Wildman–Crippen LogP) is 3.75. The molecular formula is C18H25Cl2N3OS. The van der Waals surface area contributed by atoms with Crippen molar-refractivity contribution >= 4 is 42.1 Å². The minimum atomic E-state index is 0. The van der Waals surface area contributed by atoms with Gasteiger partial charge in [-0.1, -0.05) is 24.3 Å². The van der Waals surface area contributed by atoms with Crippen molar-refractivity contribution in [3.8, 4) is 11.3 Å². The van der Waals surface area contributed by atoms with Crippen LogP contribution in [-0.4, -0.2) is 23.5 Å². The number of nitrogens with zero attached hydrogens (tertiary/aromatic N) is 1. The zero-order chi connectivity index (χ0) is 16.2. The Balaban J connectivity index is 0.00000156. The molecule has 1 aromatic heterocycles. The first-order valence-electron chi connectivity index (χ1n) is 8.16. The average Bonchev–Trinajstić information content (AvgIpc) is 3.16. The van der Waals surface area contributed by atoms with Crippen LogP contribution in [0.5, 0.6) is 0 Å². The molecule has 2 atom stereocenters. The summed E-state index contributed by atoms with van der Waals surface area (Å²) in [4.78, 5) is 16.5. The number of benzene rings is 1. The standard InChI is InChI=1S/C18H23N3OS.2ClH/c1-12-21-17(11-23-12)14-4-2-13(3-5-14)8-9-20-18(22)15-6-7-16(19)10-15;;/h2-5,11,15-16H,6-10,19H2,1H3,(H,20,22);2*1H. The maximum atomic E-state index is 12.0. The first-order valence-corrected chi connectivity index (χ1v) is 9.04. The van der Waals surface area contributed by atoms with Gasteiger partial charge in [0, 0.05) is 29.4 Å². The maximum Gasteiger partial charge on any atom is 0.223 e. The smallest absolute Gasteiger partial charge is 0.223 e. The summed E-state index contributed by atoms with van der Waals surface area (Å²) in [5, 5.41) is 6.20. The Kier molecular flexibility index (Phi) is 8.86. The molecule has 0 bridgehead atoms. The Labute approximate surface area is 165 Å². The van der Waals surface area contributed by atoms with Crippen molar-refractivity contribution in [1.29, 1.82) is 0 Å². The van der Waals surface area contributed by atoms with Crippen molar-refractivity contribution in [3.05, 3.63) is 40.2 Å². The van der Waals surface area contributed by atoms with Crippen LogP contribution in [0, 0.1) is 12.8 Å². The summed E-state index contributed by atoms with van der Waals surface area (Å²) < 4.78 is 0. The van der Waals surface area contributed by atoms with E-state index in [-0.39, 0.29) is 42.7 Å². The van der Waals surface area contributed by atoms with E-state index in [1.807, 2.05) is 6.92 Å². The van der Waals surface area contributed by atoms with E-state index in [2.05, 4.69) is 39.9 Å². The first kappa shape index (κ1) is 21.9. The summed E-state index contributed by atoms with van der Waals surface area (Å²) >= 11 is 1.67. The van der Waals surface area contributed by atoms with Crippen LogP contribution in [-0.2, 0) is 11.2 Å². The fourth-order valence-corrected chi connectivity index (χ4v) is 3.69. The highest BCUT2D eigenvalue weighted by atomic mass is 35.5. The number of nitrogens with one attached hydrogen (secondary N) is 1. The minimum Gasteiger partial charge on any atom is -0.356 e. The molecule has 0 radical (unpaired) electrons. The number of aryl methyl sites for hydroxylation is 1. The van der Waals surface area contributed by atoms with E-state index in [4.69, 9.17) is 5.73 Å². The molecule has 3 rings (SSSR count). The highest BCUT2D eigenvalue weighted by Crippen LogP contribution is 2.24. The summed E-state index contributed by atoms with van der Waals surface area (Å²) in [7, 11) is 0. The van der Waals surface area contributed by atoms with Crippen LogP contribution in [0.15, 0.2) is 29.6 Å². The van der Waals surface area contributed by atoms with E-state index in [9.17, 15) is 4.79 Å². The number of aromatic nitrogens is 1. The molecule has 1 aliphatic carbocycles. The van der Waals surface area contributed by atoms with Crippen molar-refractivity contribution < 1.29 is 4.79 Å². The number of hydrogen-bond donors (Lipinski definition) is 2. The van der Waals surface area contributed by atoms with Crippen LogP contribution in [0.3, 0.4) is 0 Å². The second kappa shape index (κ2) is 10.1. The summed E-state index contributed by atoms with van der Waals surface area (Å²) in [6.07, 6.45) is 3.57. The summed E-state index contributed by atoms with van der Waals surface area (Å²) in [6, 6.07) is 8.62. The van der Waals surface area contributed by atoms with Crippen molar-refractivity contribution in [2.75, 3.05) is 6.54 Å². The van der Waals surface area contributed by atoms with Gasteiger partial charge < -0.3 is 11.1 Å². The maximum absolute atomic E-state index is 12.0. The summed E-state index contributed by atoms with van der Waals surface area (Å²) in [6.45, 7) is 2.70. The second-order valence-electron chi connectivity index (χ2n) is 6.26. The average molecular weight is 402 g/mol. The topological polar surface area (TPSA) is 68.0 Å². The normalized spacial score (nSPS) is 19.0. The Morgan fingerprint density at radius 1 is 1.28 bits per heavy atom. The fourth-order valence-electron chi connectivity index (χ4n) is 3.07. The Hall–Kier alpha value is -1.14. The summed E-state index contributed by atoms with van der Waals surface area (Å²) in [5.41, 5.74) is 9.26. The van der Waals surface area contributed by atoms with Crippen LogP contribution in [0.4, 0.5) is 0 Å². The van der Waals surface area contributed by atoms with E-state index in [0.29, 0.717) is 6.54 Å². The SMILES string of the molecule is Cc1nc(-c2ccc(CCNC(=O)C3CCC(N)C3)cc2)cs1.Cl.Cl. The van der Waals surface area contributed by atoms with Crippen LogP contribution < -0.4 is 11.1 Å². The molecule has 1 aromatic carbocycles. The van der Waals surface area contributed by atoms with Gasteiger partial charge in [0.2, 0.25) is 5.91 Å². The van der Waals surface area contributed by atoms with Gasteiger partial charge in [0.15, 0.2) is 0 Å². The van der Waals surface area contributed by atoms with Crippen molar-refractivity contribution in [1.82, 2.24) is 10.3 Å². The lowest BCUT2D eigenvalue weighted by molar-refractivity contribution is -0.124. The van der Waals surface area contributed by atoms with Gasteiger partial charge in [-0.15, -0.1) is 36.2 Å². The molecule has 1 fully saturated rings. The van der Waals surface area contributed by atoms with Crippen LogP contribution in [0.25, 0.3) is 11.3 Å². The fraction of sp³-hybridized carbons (Fsp3) is 0.444. The lowest BCUT2D eigenvalue weighted by Gasteiger charge is -2.10. The van der Waals surface area contributed by atoms with Gasteiger partial charge in [0.25, 0.3) is 0 Å². The lowest BCUT2D eigenvalue weighted by Crippen LogP contribution is -2.31. The molecule has 0 spiro atoms. The molecule has 7 heteroatoms. The number of amides is 1. The largest absolute Gasteiger partial charge is 0.356 e. The van der Waals surface area contributed by atoms with Crippen molar-refractivity contribution in [2.45, 2.75) is 38.6 Å². The number of hydrogen-bond acceptors (Lipinski definition) is 4. The molecule has 0 saturated heterocycles. The van der Waals surface area contributed by atoms with E-state index < -0.39 is 0 Å². The van der Waals surface area contributed by atoms with Crippen LogP contribution >= 0.6 is 36.2 Å². The van der Waals surface area contributed by atoms with Gasteiger partial charge in [0.05, 0.1) is 10.7 Å². The highest BCUT2D eigenvalue weighted by Gasteiger charge is 2.27. The van der Waals surface area contributed by atoms with Crippen LogP contribution in [0.1, 0.15) is 29.8 Å². The third kappa shape index (κ3) is 5.96. The molecule has 1 saturated carbocycles. The van der Waals surface area contributed by atoms with Crippen LogP contribution in [0.2, 0.25) is 0 Å². The van der Waals surface area contributed by atoms with E-state index in [0.717, 1.165) is 41.9 Å². The molecule has 4 nitrogen and oxygen atoms in total. The minimum absolute atomic E-state index is 0. The number of nitrogens with two attached hydrogens (primary N) is 1. The molecule has 2 aromatic rings. The van der Waals surface area contributed by atoms with Crippen molar-refractivity contribution in [2.24, 2.45) is 11.7 Å². The Morgan fingerprint density at radius 2 is 2.00 bits per heavy atom. The quantitative estimate of drug-likeness (QED) is 0.801. The molecule has 1 amide bonds. The third-order valence-corrected chi connectivity index (χ3v) is 5.20. The number of carbonyl (C=O) groups excluding carboxylic acids is 1. The molecule has 1 aliphatic rings.